The largest absolute Gasteiger partial charge is 0.492 e. The minimum absolute atomic E-state index is 0.0670. The third-order valence-electron chi connectivity index (χ3n) is 3.32. The van der Waals surface area contributed by atoms with Crippen molar-refractivity contribution in [1.82, 2.24) is 10.2 Å². The summed E-state index contributed by atoms with van der Waals surface area (Å²) in [5.74, 6) is -0.146. The quantitative estimate of drug-likeness (QED) is 0.301. The second kappa shape index (κ2) is 8.19. The van der Waals surface area contributed by atoms with E-state index in [0.29, 0.717) is 23.7 Å². The number of rotatable bonds is 6. The number of carbonyl (C=O) groups excluding carboxylic acids is 3. The summed E-state index contributed by atoms with van der Waals surface area (Å²) >= 11 is 2.09. The maximum absolute atomic E-state index is 12.3. The Bertz CT molecular complexity index is 746. The van der Waals surface area contributed by atoms with Crippen molar-refractivity contribution in [2.24, 2.45) is 0 Å². The van der Waals surface area contributed by atoms with E-state index in [9.17, 15) is 14.4 Å². The van der Waals surface area contributed by atoms with Gasteiger partial charge in [-0.05, 0) is 53.3 Å². The van der Waals surface area contributed by atoms with Crippen LogP contribution in [0.25, 0.3) is 6.08 Å². The molecule has 0 spiro atoms. The van der Waals surface area contributed by atoms with Crippen LogP contribution in [0.2, 0.25) is 0 Å². The van der Waals surface area contributed by atoms with E-state index < -0.39 is 24.5 Å². The normalized spacial score (nSPS) is 15.4. The topological polar surface area (TPSA) is 94.2 Å². The molecular formula is C16H17IN2O6. The molecule has 1 aromatic rings. The Kier molecular flexibility index (Phi) is 6.23. The minimum Gasteiger partial charge on any atom is -0.492 e. The fourth-order valence-electron chi connectivity index (χ4n) is 2.21. The molecule has 134 valence electrons. The molecule has 1 saturated heterocycles. The molecule has 0 aromatic heterocycles. The first-order valence-electron chi connectivity index (χ1n) is 7.33. The molecule has 0 aliphatic carbocycles. The van der Waals surface area contributed by atoms with Gasteiger partial charge in [-0.2, -0.15) is 0 Å². The Morgan fingerprint density at radius 1 is 1.32 bits per heavy atom. The van der Waals surface area contributed by atoms with Crippen molar-refractivity contribution in [3.63, 3.8) is 0 Å². The molecule has 1 aliphatic rings. The lowest BCUT2D eigenvalue weighted by Gasteiger charge is -2.12. The van der Waals surface area contributed by atoms with Crippen molar-refractivity contribution in [2.75, 3.05) is 27.4 Å². The average Bonchev–Trinajstić information content (AvgIpc) is 2.82. The van der Waals surface area contributed by atoms with E-state index in [1.54, 1.807) is 19.2 Å². The molecule has 0 saturated carbocycles. The zero-order valence-electron chi connectivity index (χ0n) is 13.9. The molecule has 1 fully saturated rings. The van der Waals surface area contributed by atoms with Crippen LogP contribution >= 0.6 is 22.6 Å². The van der Waals surface area contributed by atoms with Crippen molar-refractivity contribution >= 4 is 46.6 Å². The summed E-state index contributed by atoms with van der Waals surface area (Å²) in [5, 5.41) is 2.45. The number of nitrogens with zero attached hydrogens (tertiary/aromatic N) is 1. The monoisotopic (exact) mass is 460 g/mol. The van der Waals surface area contributed by atoms with E-state index in [2.05, 4.69) is 32.6 Å². The maximum atomic E-state index is 12.3. The summed E-state index contributed by atoms with van der Waals surface area (Å²) in [7, 11) is 2.73. The molecule has 1 aliphatic heterocycles. The Balaban J connectivity index is 2.33. The van der Waals surface area contributed by atoms with Gasteiger partial charge in [0.25, 0.3) is 5.91 Å². The number of halogens is 1. The number of nitrogens with one attached hydrogen (secondary N) is 1. The lowest BCUT2D eigenvalue weighted by atomic mass is 10.1. The van der Waals surface area contributed by atoms with Gasteiger partial charge >= 0.3 is 12.0 Å². The highest BCUT2D eigenvalue weighted by Crippen LogP contribution is 2.34. The van der Waals surface area contributed by atoms with E-state index in [4.69, 9.17) is 9.47 Å². The zero-order chi connectivity index (χ0) is 18.6. The van der Waals surface area contributed by atoms with Crippen LogP contribution in [0, 0.1) is 3.57 Å². The number of hydrogen-bond acceptors (Lipinski definition) is 6. The van der Waals surface area contributed by atoms with Crippen LogP contribution in [0.1, 0.15) is 12.5 Å². The lowest BCUT2D eigenvalue weighted by Crippen LogP contribution is -2.36. The molecule has 0 unspecified atom stereocenters. The second-order valence-corrected chi connectivity index (χ2v) is 6.08. The first-order valence-corrected chi connectivity index (χ1v) is 8.40. The predicted molar refractivity (Wildman–Crippen MR) is 97.1 cm³/mol. The Labute approximate surface area is 158 Å². The molecule has 1 aromatic carbocycles. The van der Waals surface area contributed by atoms with E-state index in [-0.39, 0.29) is 5.70 Å². The van der Waals surface area contributed by atoms with Crippen LogP contribution in [0.15, 0.2) is 17.8 Å². The van der Waals surface area contributed by atoms with Gasteiger partial charge < -0.3 is 19.5 Å². The van der Waals surface area contributed by atoms with Crippen LogP contribution in [0.5, 0.6) is 11.5 Å². The first-order chi connectivity index (χ1) is 11.9. The predicted octanol–water partition coefficient (Wildman–Crippen LogP) is 1.76. The van der Waals surface area contributed by atoms with Gasteiger partial charge in [-0.3, -0.25) is 9.59 Å². The summed E-state index contributed by atoms with van der Waals surface area (Å²) in [6.45, 7) is 1.86. The number of urea groups is 1. The van der Waals surface area contributed by atoms with Crippen LogP contribution in [0.3, 0.4) is 0 Å². The molecular weight excluding hydrogens is 443 g/mol. The number of ether oxygens (including phenoxy) is 3. The molecule has 25 heavy (non-hydrogen) atoms. The molecule has 0 bridgehead atoms. The minimum atomic E-state index is -0.678. The van der Waals surface area contributed by atoms with Gasteiger partial charge in [0.05, 0.1) is 24.4 Å². The molecule has 0 atom stereocenters. The second-order valence-electron chi connectivity index (χ2n) is 4.92. The fraction of sp³-hybridized carbons (Fsp3) is 0.312. The van der Waals surface area contributed by atoms with E-state index >= 15 is 0 Å². The number of hydrogen-bond donors (Lipinski definition) is 1. The Morgan fingerprint density at radius 2 is 2.04 bits per heavy atom. The number of benzene rings is 1. The van der Waals surface area contributed by atoms with Crippen molar-refractivity contribution in [3.8, 4) is 11.5 Å². The maximum Gasteiger partial charge on any atom is 0.329 e. The average molecular weight is 460 g/mol. The Morgan fingerprint density at radius 3 is 2.64 bits per heavy atom. The van der Waals surface area contributed by atoms with Gasteiger partial charge in [0.2, 0.25) is 0 Å². The molecule has 1 heterocycles. The smallest absolute Gasteiger partial charge is 0.329 e. The van der Waals surface area contributed by atoms with Gasteiger partial charge in [-0.25, -0.2) is 9.69 Å². The number of imide groups is 1. The summed E-state index contributed by atoms with van der Waals surface area (Å²) in [6, 6.07) is 2.83. The number of methoxy groups -OCH3 is 2. The fourth-order valence-corrected chi connectivity index (χ4v) is 3.05. The van der Waals surface area contributed by atoms with E-state index in [1.165, 1.54) is 13.2 Å². The summed E-state index contributed by atoms with van der Waals surface area (Å²) in [4.78, 5) is 36.3. The highest BCUT2D eigenvalue weighted by atomic mass is 127. The SMILES string of the molecule is CCOc1cc(/C=C2/NC(=O)N(CC(=O)OC)C2=O)cc(I)c1OC. The summed E-state index contributed by atoms with van der Waals surface area (Å²) in [6.07, 6.45) is 1.52. The van der Waals surface area contributed by atoms with Crippen LogP contribution in [0.4, 0.5) is 4.79 Å². The molecule has 1 N–H and O–H groups in total. The van der Waals surface area contributed by atoms with E-state index in [0.717, 1.165) is 8.47 Å². The summed E-state index contributed by atoms with van der Waals surface area (Å²) < 4.78 is 16.1. The number of carbonyl (C=O) groups is 3. The van der Waals surface area contributed by atoms with Crippen molar-refractivity contribution < 1.29 is 28.6 Å². The van der Waals surface area contributed by atoms with Gasteiger partial charge in [0.15, 0.2) is 11.5 Å². The Hall–Kier alpha value is -2.30. The lowest BCUT2D eigenvalue weighted by molar-refractivity contribution is -0.143. The third kappa shape index (κ3) is 4.21. The first kappa shape index (κ1) is 19.0. The van der Waals surface area contributed by atoms with Gasteiger partial charge in [-0.15, -0.1) is 0 Å². The molecule has 0 radical (unpaired) electrons. The van der Waals surface area contributed by atoms with Crippen molar-refractivity contribution in [1.29, 1.82) is 0 Å². The van der Waals surface area contributed by atoms with Gasteiger partial charge in [0, 0.05) is 0 Å². The van der Waals surface area contributed by atoms with Gasteiger partial charge in [-0.1, -0.05) is 0 Å². The molecule has 2 rings (SSSR count). The summed E-state index contributed by atoms with van der Waals surface area (Å²) in [5.41, 5.74) is 0.717. The molecule has 9 heteroatoms. The number of amides is 3. The third-order valence-corrected chi connectivity index (χ3v) is 4.13. The van der Waals surface area contributed by atoms with Crippen molar-refractivity contribution in [3.05, 3.63) is 27.0 Å². The zero-order valence-corrected chi connectivity index (χ0v) is 16.1. The van der Waals surface area contributed by atoms with E-state index in [1.807, 2.05) is 6.92 Å². The van der Waals surface area contributed by atoms with Crippen LogP contribution in [-0.2, 0) is 14.3 Å². The standard InChI is InChI=1S/C16H17IN2O6/c1-4-25-12-7-9(5-10(17)14(12)24-3)6-11-15(21)19(16(22)18-11)8-13(20)23-2/h5-7H,4,8H2,1-3H3,(H,18,22)/b11-6+. The highest BCUT2D eigenvalue weighted by molar-refractivity contribution is 14.1. The highest BCUT2D eigenvalue weighted by Gasteiger charge is 2.35. The van der Waals surface area contributed by atoms with Crippen LogP contribution in [-0.4, -0.2) is 50.2 Å². The molecule has 8 nitrogen and oxygen atoms in total. The van der Waals surface area contributed by atoms with Crippen LogP contribution < -0.4 is 14.8 Å². The van der Waals surface area contributed by atoms with Gasteiger partial charge in [0.1, 0.15) is 12.2 Å². The molecule has 3 amide bonds. The number of esters is 1. The van der Waals surface area contributed by atoms with Crippen molar-refractivity contribution in [2.45, 2.75) is 6.92 Å².